The molecule has 0 amide bonds. The van der Waals surface area contributed by atoms with Gasteiger partial charge in [0.05, 0.1) is 0 Å². The van der Waals surface area contributed by atoms with Crippen LogP contribution >= 0.6 is 17.2 Å². The van der Waals surface area contributed by atoms with Crippen molar-refractivity contribution in [3.05, 3.63) is 59.2 Å². The molecule has 2 aliphatic rings. The first-order valence-corrected chi connectivity index (χ1v) is 17.3. The summed E-state index contributed by atoms with van der Waals surface area (Å²) in [6.07, 6.45) is 9.11. The minimum absolute atomic E-state index is 0. The Morgan fingerprint density at radius 2 is 1.23 bits per heavy atom. The van der Waals surface area contributed by atoms with E-state index in [1.165, 1.54) is 50.3 Å². The number of rotatable bonds is 5. The monoisotopic (exact) mass is 612 g/mol. The molecule has 2 fully saturated rings. The van der Waals surface area contributed by atoms with Crippen LogP contribution in [0, 0.1) is 0 Å². The van der Waals surface area contributed by atoms with E-state index in [1.807, 2.05) is 30.3 Å². The Kier molecular flexibility index (Phi) is 13.0. The molecule has 0 bridgehead atoms. The van der Waals surface area contributed by atoms with Crippen LogP contribution in [0.15, 0.2) is 42.5 Å². The average molecular weight is 613 g/mol. The third-order valence-corrected chi connectivity index (χ3v) is 13.6. The Morgan fingerprint density at radius 1 is 0.795 bits per heavy atom. The van der Waals surface area contributed by atoms with Crippen LogP contribution in [0.25, 0.3) is 0 Å². The van der Waals surface area contributed by atoms with Gasteiger partial charge in [0, 0.05) is 34.3 Å². The maximum Gasteiger partial charge on any atom is 0.0193 e. The van der Waals surface area contributed by atoms with Crippen LogP contribution in [0.4, 0.5) is 0 Å². The molecular weight excluding hydrogens is 554 g/mol. The molecule has 2 N–H and O–H groups in total. The zero-order valence-electron chi connectivity index (χ0n) is 26.4. The van der Waals surface area contributed by atoms with Crippen molar-refractivity contribution < 1.29 is 17.1 Å². The molecule has 228 valence electrons. The third-order valence-electron chi connectivity index (χ3n) is 8.59. The van der Waals surface area contributed by atoms with Gasteiger partial charge in [-0.3, -0.25) is 0 Å². The maximum absolute atomic E-state index is 3.99. The summed E-state index contributed by atoms with van der Waals surface area (Å²) in [6, 6.07) is 16.3. The minimum Gasteiger partial charge on any atom is -0.748 e. The van der Waals surface area contributed by atoms with Gasteiger partial charge in [-0.25, -0.2) is 6.07 Å². The van der Waals surface area contributed by atoms with Crippen molar-refractivity contribution in [1.82, 2.24) is 10.6 Å². The zero-order chi connectivity index (χ0) is 28.2. The van der Waals surface area contributed by atoms with Crippen LogP contribution in [-0.2, 0) is 33.8 Å². The van der Waals surface area contributed by atoms with E-state index in [0.29, 0.717) is 22.4 Å². The van der Waals surface area contributed by atoms with Crippen LogP contribution < -0.4 is 10.6 Å². The second-order valence-electron chi connectivity index (χ2n) is 14.8. The molecule has 0 aliphatic carbocycles. The van der Waals surface area contributed by atoms with Crippen LogP contribution in [0.3, 0.4) is 0 Å². The molecule has 3 atom stereocenters. The molecule has 0 radical (unpaired) electrons. The van der Waals surface area contributed by atoms with E-state index < -0.39 is 0 Å². The van der Waals surface area contributed by atoms with Gasteiger partial charge in [-0.1, -0.05) is 86.7 Å². The summed E-state index contributed by atoms with van der Waals surface area (Å²) in [7, 11) is 3.27. The summed E-state index contributed by atoms with van der Waals surface area (Å²) in [5.41, 5.74) is 4.94. The molecule has 4 rings (SSSR count). The quantitative estimate of drug-likeness (QED) is 0.200. The second-order valence-corrected chi connectivity index (χ2v) is 19.6. The number of hydrogen-bond acceptors (Lipinski definition) is 2. The first-order chi connectivity index (χ1) is 17.6. The summed E-state index contributed by atoms with van der Waals surface area (Å²) in [4.78, 5) is 0. The van der Waals surface area contributed by atoms with Gasteiger partial charge in [0.15, 0.2) is 0 Å². The molecule has 39 heavy (non-hydrogen) atoms. The van der Waals surface area contributed by atoms with Gasteiger partial charge in [0.25, 0.3) is 0 Å². The van der Waals surface area contributed by atoms with Crippen molar-refractivity contribution >= 4 is 17.2 Å². The molecule has 2 aliphatic heterocycles. The van der Waals surface area contributed by atoms with Crippen LogP contribution in [0.5, 0.6) is 0 Å². The molecule has 2 nitrogen and oxygen atoms in total. The standard InChI is InChI=1S/C29H53N2P2.C5H5.Fe/c1-26(2,3)22-18-21(20-33(27(4,5)6)28(7,8)9)23(19-22)29(32,24-14-10-12-16-30-24)25-15-11-13-17-31-25;1-2-4-5-3-1;/h18-19,24-25,30-31H,10-17,20,32H2,1-9H3;1-5H;/q-1;-5;. The largest absolute Gasteiger partial charge is 0.748 e. The zero-order valence-corrected chi connectivity index (χ0v) is 29.6. The van der Waals surface area contributed by atoms with Gasteiger partial charge >= 0.3 is 0 Å². The second kappa shape index (κ2) is 14.5. The van der Waals surface area contributed by atoms with E-state index in [1.54, 1.807) is 11.1 Å². The maximum atomic E-state index is 3.99. The number of piperidine rings is 2. The molecule has 5 heteroatoms. The van der Waals surface area contributed by atoms with E-state index in [0.717, 1.165) is 13.1 Å². The van der Waals surface area contributed by atoms with Crippen molar-refractivity contribution in [2.45, 2.75) is 140 Å². The summed E-state index contributed by atoms with van der Waals surface area (Å²) < 4.78 is 0. The Hall–Kier alpha value is -0.000519. The number of hydrogen-bond donors (Lipinski definition) is 2. The predicted molar refractivity (Wildman–Crippen MR) is 176 cm³/mol. The predicted octanol–water partition coefficient (Wildman–Crippen LogP) is 9.04. The average Bonchev–Trinajstić information content (AvgIpc) is 3.55. The van der Waals surface area contributed by atoms with Crippen LogP contribution in [0.1, 0.15) is 118 Å². The number of nitrogens with one attached hydrogen (secondary N) is 2. The topological polar surface area (TPSA) is 24.1 Å². The van der Waals surface area contributed by atoms with E-state index in [9.17, 15) is 0 Å². The molecular formula is C34H58FeN2P2-6. The van der Waals surface area contributed by atoms with Gasteiger partial charge in [-0.2, -0.15) is 17.2 Å². The minimum atomic E-state index is -0.190. The fraction of sp³-hybridized carbons (Fsp3) is 0.706. The smallest absolute Gasteiger partial charge is 0.0193 e. The summed E-state index contributed by atoms with van der Waals surface area (Å²) in [5.74, 6) is 0. The molecule has 0 spiro atoms. The Bertz CT molecular complexity index is 898. The summed E-state index contributed by atoms with van der Waals surface area (Å²) in [5, 5.41) is 8.70. The van der Waals surface area contributed by atoms with E-state index >= 15 is 0 Å². The molecule has 2 aromatic rings. The normalized spacial score (nSPS) is 22.4. The Labute approximate surface area is 256 Å². The first-order valence-electron chi connectivity index (χ1n) is 15.2. The third kappa shape index (κ3) is 9.24. The molecule has 2 aromatic carbocycles. The molecule has 2 saturated heterocycles. The van der Waals surface area contributed by atoms with Gasteiger partial charge < -0.3 is 41.0 Å². The molecule has 0 saturated carbocycles. The fourth-order valence-corrected chi connectivity index (χ4v) is 11.0. The molecule has 2 heterocycles. The van der Waals surface area contributed by atoms with Crippen molar-refractivity contribution in [3.63, 3.8) is 0 Å². The Balaban J connectivity index is 0.000000797. The summed E-state index contributed by atoms with van der Waals surface area (Å²) >= 11 is 0. The molecule has 0 aromatic heterocycles. The van der Waals surface area contributed by atoms with Crippen molar-refractivity contribution in [2.75, 3.05) is 13.1 Å². The Morgan fingerprint density at radius 3 is 1.56 bits per heavy atom. The van der Waals surface area contributed by atoms with Crippen molar-refractivity contribution in [3.8, 4) is 0 Å². The van der Waals surface area contributed by atoms with Gasteiger partial charge in [-0.15, -0.1) is 22.7 Å². The first kappa shape index (κ1) is 35.2. The van der Waals surface area contributed by atoms with Crippen LogP contribution in [0.2, 0.25) is 0 Å². The van der Waals surface area contributed by atoms with E-state index in [4.69, 9.17) is 0 Å². The van der Waals surface area contributed by atoms with E-state index in [-0.39, 0.29) is 35.6 Å². The summed E-state index contributed by atoms with van der Waals surface area (Å²) in [6.45, 7) is 24.3. The molecule has 3 unspecified atom stereocenters. The SMILES string of the molecule is CC(C)(C)c1cc(C(P)(C2CCCCN2)C2CCCCN2)[c-](CP(C(C)(C)C)C(C)(C)C)c1.[Fe].[cH-]1[cH-][cH-][cH-][cH-]1. The van der Waals surface area contributed by atoms with Gasteiger partial charge in [0.2, 0.25) is 0 Å². The fourth-order valence-electron chi connectivity index (χ4n) is 6.63. The van der Waals surface area contributed by atoms with Crippen molar-refractivity contribution in [2.24, 2.45) is 0 Å². The van der Waals surface area contributed by atoms with E-state index in [2.05, 4.69) is 94.3 Å². The van der Waals surface area contributed by atoms with Crippen molar-refractivity contribution in [1.29, 1.82) is 0 Å². The van der Waals surface area contributed by atoms with Crippen LogP contribution in [-0.4, -0.2) is 35.5 Å². The van der Waals surface area contributed by atoms with Gasteiger partial charge in [0.1, 0.15) is 0 Å². The van der Waals surface area contributed by atoms with Gasteiger partial charge in [-0.05, 0) is 49.1 Å².